The van der Waals surface area contributed by atoms with Gasteiger partial charge < -0.3 is 4.74 Å². The fourth-order valence-electron chi connectivity index (χ4n) is 3.18. The number of ether oxygens (including phenoxy) is 1. The summed E-state index contributed by atoms with van der Waals surface area (Å²) in [5, 5.41) is -0.509. The number of carbonyl (C=O) groups excluding carboxylic acids is 1. The topological polar surface area (TPSA) is 72.5 Å². The molecule has 0 heterocycles. The molecule has 1 aromatic carbocycles. The molecule has 25 heavy (non-hydrogen) atoms. The highest BCUT2D eigenvalue weighted by Crippen LogP contribution is 2.36. The van der Waals surface area contributed by atoms with Gasteiger partial charge in [0.05, 0.1) is 22.4 Å². The lowest BCUT2D eigenvalue weighted by atomic mass is 10.1. The monoisotopic (exact) mass is 389 g/mol. The maximum Gasteiger partial charge on any atom is 0.267 e. The summed E-state index contributed by atoms with van der Waals surface area (Å²) in [5.41, 5.74) is -0.407. The van der Waals surface area contributed by atoms with Gasteiger partial charge in [0.1, 0.15) is 11.6 Å². The molecular weight excluding hydrogens is 369 g/mol. The molecule has 2 atom stereocenters. The average Bonchev–Trinajstić information content (AvgIpc) is 3.08. The summed E-state index contributed by atoms with van der Waals surface area (Å²) in [7, 11) is -3.79. The number of amides is 1. The quantitative estimate of drug-likeness (QED) is 0.808. The van der Waals surface area contributed by atoms with Crippen molar-refractivity contribution in [3.63, 3.8) is 0 Å². The highest BCUT2D eigenvalue weighted by molar-refractivity contribution is 7.91. The average molecular weight is 390 g/mol. The number of halogens is 2. The second kappa shape index (κ2) is 7.11. The third-order valence-electron chi connectivity index (χ3n) is 4.88. The zero-order valence-corrected chi connectivity index (χ0v) is 15.5. The van der Waals surface area contributed by atoms with Crippen LogP contribution in [0.1, 0.15) is 49.4 Å². The molecule has 2 aliphatic rings. The van der Waals surface area contributed by atoms with Gasteiger partial charge in [-0.2, -0.15) is 0 Å². The summed E-state index contributed by atoms with van der Waals surface area (Å²) in [4.78, 5) is 12.1. The van der Waals surface area contributed by atoms with E-state index in [9.17, 15) is 17.6 Å². The molecule has 1 aromatic rings. The van der Waals surface area contributed by atoms with E-state index in [1.807, 2.05) is 4.72 Å². The first kappa shape index (κ1) is 18.5. The molecule has 138 valence electrons. The van der Waals surface area contributed by atoms with Crippen LogP contribution in [-0.4, -0.2) is 26.2 Å². The Morgan fingerprint density at radius 2 is 2.00 bits per heavy atom. The van der Waals surface area contributed by atoms with Crippen LogP contribution in [0.4, 0.5) is 4.39 Å². The molecule has 8 heteroatoms. The molecule has 0 unspecified atom stereocenters. The summed E-state index contributed by atoms with van der Waals surface area (Å²) < 4.78 is 45.7. The van der Waals surface area contributed by atoms with E-state index in [0.29, 0.717) is 18.9 Å². The van der Waals surface area contributed by atoms with Crippen molar-refractivity contribution in [1.82, 2.24) is 4.72 Å². The molecule has 1 N–H and O–H groups in total. The highest BCUT2D eigenvalue weighted by atomic mass is 35.5. The van der Waals surface area contributed by atoms with E-state index in [2.05, 4.69) is 0 Å². The Labute approximate surface area is 151 Å². The molecule has 3 rings (SSSR count). The van der Waals surface area contributed by atoms with Gasteiger partial charge in [-0.1, -0.05) is 31.4 Å². The van der Waals surface area contributed by atoms with E-state index in [1.165, 1.54) is 12.8 Å². The smallest absolute Gasteiger partial charge is 0.267 e. The van der Waals surface area contributed by atoms with Crippen LogP contribution in [0.15, 0.2) is 12.1 Å². The van der Waals surface area contributed by atoms with Crippen LogP contribution in [0.25, 0.3) is 0 Å². The summed E-state index contributed by atoms with van der Waals surface area (Å²) in [6.45, 7) is 2.24. The molecule has 2 aliphatic carbocycles. The van der Waals surface area contributed by atoms with Crippen molar-refractivity contribution in [2.45, 2.75) is 44.3 Å². The molecular formula is C17H21ClFNO4S. The predicted molar refractivity (Wildman–Crippen MR) is 92.8 cm³/mol. The van der Waals surface area contributed by atoms with Gasteiger partial charge in [0, 0.05) is 6.07 Å². The third kappa shape index (κ3) is 4.26. The maximum absolute atomic E-state index is 14.3. The number of sulfonamides is 1. The standard InChI is InChI=1S/C17H21ClFNO4S/c1-10-6-16(10)25(22,23)20-17(21)12-7-13(18)15(8-14(12)19)24-9-11-4-2-3-5-11/h7-8,10-11,16H,2-6,9H2,1H3,(H,20,21)/t10-,16-/m0/s1. The second-order valence-electron chi connectivity index (χ2n) is 6.95. The van der Waals surface area contributed by atoms with Crippen molar-refractivity contribution in [3.8, 4) is 5.75 Å². The molecule has 0 aliphatic heterocycles. The lowest BCUT2D eigenvalue weighted by Crippen LogP contribution is -2.34. The van der Waals surface area contributed by atoms with Crippen molar-refractivity contribution in [1.29, 1.82) is 0 Å². The summed E-state index contributed by atoms with van der Waals surface area (Å²) in [6, 6.07) is 2.15. The largest absolute Gasteiger partial charge is 0.492 e. The summed E-state index contributed by atoms with van der Waals surface area (Å²) in [5.74, 6) is -1.26. The summed E-state index contributed by atoms with van der Waals surface area (Å²) in [6.07, 6.45) is 5.00. The molecule has 2 fully saturated rings. The molecule has 0 radical (unpaired) electrons. The van der Waals surface area contributed by atoms with Crippen LogP contribution in [0.3, 0.4) is 0 Å². The van der Waals surface area contributed by atoms with Crippen molar-refractivity contribution >= 4 is 27.5 Å². The Morgan fingerprint density at radius 1 is 1.36 bits per heavy atom. The van der Waals surface area contributed by atoms with Crippen LogP contribution in [0.5, 0.6) is 5.75 Å². The van der Waals surface area contributed by atoms with Crippen LogP contribution < -0.4 is 9.46 Å². The van der Waals surface area contributed by atoms with Crippen molar-refractivity contribution in [2.75, 3.05) is 6.61 Å². The molecule has 0 aromatic heterocycles. The van der Waals surface area contributed by atoms with Gasteiger partial charge >= 0.3 is 0 Å². The zero-order valence-electron chi connectivity index (χ0n) is 13.9. The highest BCUT2D eigenvalue weighted by Gasteiger charge is 2.45. The van der Waals surface area contributed by atoms with Gasteiger partial charge in [-0.3, -0.25) is 4.79 Å². The van der Waals surface area contributed by atoms with Crippen LogP contribution in [-0.2, 0) is 10.0 Å². The van der Waals surface area contributed by atoms with Gasteiger partial charge in [-0.05, 0) is 37.2 Å². The van der Waals surface area contributed by atoms with E-state index < -0.39 is 32.6 Å². The SMILES string of the molecule is C[C@H]1C[C@@H]1S(=O)(=O)NC(=O)c1cc(Cl)c(OCC2CCCC2)cc1F. The summed E-state index contributed by atoms with van der Waals surface area (Å²) >= 11 is 6.08. The van der Waals surface area contributed by atoms with Crippen molar-refractivity contribution < 1.29 is 22.3 Å². The minimum atomic E-state index is -3.79. The van der Waals surface area contributed by atoms with Gasteiger partial charge in [-0.15, -0.1) is 0 Å². The first-order valence-corrected chi connectivity index (χ1v) is 10.4. The van der Waals surface area contributed by atoms with Crippen LogP contribution in [0, 0.1) is 17.7 Å². The molecule has 0 bridgehead atoms. The number of nitrogens with one attached hydrogen (secondary N) is 1. The maximum atomic E-state index is 14.3. The number of benzene rings is 1. The van der Waals surface area contributed by atoms with E-state index in [0.717, 1.165) is 25.0 Å². The normalized spacial score (nSPS) is 23.5. The Morgan fingerprint density at radius 3 is 2.60 bits per heavy atom. The van der Waals surface area contributed by atoms with E-state index >= 15 is 0 Å². The minimum Gasteiger partial charge on any atom is -0.492 e. The number of hydrogen-bond acceptors (Lipinski definition) is 4. The lowest BCUT2D eigenvalue weighted by molar-refractivity contribution is 0.0977. The fourth-order valence-corrected chi connectivity index (χ4v) is 5.08. The van der Waals surface area contributed by atoms with Crippen molar-refractivity contribution in [3.05, 3.63) is 28.5 Å². The van der Waals surface area contributed by atoms with Gasteiger partial charge in [0.15, 0.2) is 0 Å². The second-order valence-corrected chi connectivity index (χ2v) is 9.26. The number of rotatable bonds is 6. The van der Waals surface area contributed by atoms with E-state index in [4.69, 9.17) is 16.3 Å². The third-order valence-corrected chi connectivity index (χ3v) is 7.10. The fraction of sp³-hybridized carbons (Fsp3) is 0.588. The molecule has 2 saturated carbocycles. The van der Waals surface area contributed by atoms with E-state index in [1.54, 1.807) is 6.92 Å². The number of hydrogen-bond donors (Lipinski definition) is 1. The molecule has 0 saturated heterocycles. The molecule has 5 nitrogen and oxygen atoms in total. The van der Waals surface area contributed by atoms with Crippen LogP contribution in [0.2, 0.25) is 5.02 Å². The lowest BCUT2D eigenvalue weighted by Gasteiger charge is -2.14. The first-order valence-electron chi connectivity index (χ1n) is 8.45. The van der Waals surface area contributed by atoms with Crippen LogP contribution >= 0.6 is 11.6 Å². The Kier molecular flexibility index (Phi) is 5.25. The Balaban J connectivity index is 1.69. The van der Waals surface area contributed by atoms with Gasteiger partial charge in [0.25, 0.3) is 5.91 Å². The molecule has 0 spiro atoms. The predicted octanol–water partition coefficient (Wildman–Crippen LogP) is 3.52. The number of carbonyl (C=O) groups is 1. The Bertz CT molecular complexity index is 777. The van der Waals surface area contributed by atoms with E-state index in [-0.39, 0.29) is 16.7 Å². The van der Waals surface area contributed by atoms with Gasteiger partial charge in [-0.25, -0.2) is 17.5 Å². The van der Waals surface area contributed by atoms with Gasteiger partial charge in [0.2, 0.25) is 10.0 Å². The zero-order chi connectivity index (χ0) is 18.2. The minimum absolute atomic E-state index is 0.00472. The first-order chi connectivity index (χ1) is 11.8. The molecule has 1 amide bonds. The van der Waals surface area contributed by atoms with Crippen molar-refractivity contribution in [2.24, 2.45) is 11.8 Å². The Hall–Kier alpha value is -1.34.